The van der Waals surface area contributed by atoms with Crippen LogP contribution in [-0.4, -0.2) is 61.2 Å². The number of carbonyl (C=O) groups excluding carboxylic acids is 1. The molecule has 0 aliphatic carbocycles. The van der Waals surface area contributed by atoms with Gasteiger partial charge in [-0.1, -0.05) is 19.1 Å². The Morgan fingerprint density at radius 3 is 2.58 bits per heavy atom. The highest BCUT2D eigenvalue weighted by atomic mass is 16.5. The monoisotopic (exact) mass is 332 g/mol. The van der Waals surface area contributed by atoms with Gasteiger partial charge in [-0.05, 0) is 37.0 Å². The molecule has 2 aliphatic rings. The van der Waals surface area contributed by atoms with Crippen LogP contribution in [0.4, 0.5) is 0 Å². The maximum Gasteiger partial charge on any atom is 0.237 e. The fourth-order valence-corrected chi connectivity index (χ4v) is 3.67. The number of ether oxygens (including phenoxy) is 2. The van der Waals surface area contributed by atoms with Gasteiger partial charge in [-0.25, -0.2) is 0 Å². The molecule has 1 amide bonds. The van der Waals surface area contributed by atoms with Crippen molar-refractivity contribution in [2.24, 2.45) is 0 Å². The Bertz CT molecular complexity index is 552. The first-order chi connectivity index (χ1) is 11.6. The lowest BCUT2D eigenvalue weighted by Crippen LogP contribution is -2.64. The average molecular weight is 332 g/mol. The Hall–Kier alpha value is -1.59. The number of hydrogen-bond donors (Lipinski definition) is 0. The maximum atomic E-state index is 12.5. The fourth-order valence-electron chi connectivity index (χ4n) is 3.67. The molecule has 0 unspecified atom stereocenters. The van der Waals surface area contributed by atoms with Gasteiger partial charge < -0.3 is 14.4 Å². The first kappa shape index (κ1) is 17.2. The van der Waals surface area contributed by atoms with E-state index >= 15 is 0 Å². The van der Waals surface area contributed by atoms with E-state index in [1.165, 1.54) is 5.56 Å². The third-order valence-corrected chi connectivity index (χ3v) is 5.19. The summed E-state index contributed by atoms with van der Waals surface area (Å²) in [5, 5.41) is 0. The molecule has 0 radical (unpaired) electrons. The van der Waals surface area contributed by atoms with Crippen LogP contribution in [0.25, 0.3) is 0 Å². The third-order valence-electron chi connectivity index (χ3n) is 5.19. The van der Waals surface area contributed by atoms with Gasteiger partial charge in [0.15, 0.2) is 0 Å². The maximum absolute atomic E-state index is 12.5. The van der Waals surface area contributed by atoms with Gasteiger partial charge in [-0.2, -0.15) is 0 Å². The molecular weight excluding hydrogens is 304 g/mol. The van der Waals surface area contributed by atoms with Crippen molar-refractivity contribution in [3.05, 3.63) is 29.8 Å². The highest BCUT2D eigenvalue weighted by molar-refractivity contribution is 5.79. The smallest absolute Gasteiger partial charge is 0.237 e. The largest absolute Gasteiger partial charge is 0.494 e. The number of piperazine rings is 1. The summed E-state index contributed by atoms with van der Waals surface area (Å²) in [5.74, 6) is 1.13. The fraction of sp³-hybridized carbons (Fsp3) is 0.632. The first-order valence-corrected chi connectivity index (χ1v) is 8.91. The molecule has 0 saturated carbocycles. The minimum atomic E-state index is -0.0578. The lowest BCUT2D eigenvalue weighted by molar-refractivity contribution is -0.150. The second-order valence-electron chi connectivity index (χ2n) is 6.93. The van der Waals surface area contributed by atoms with Crippen molar-refractivity contribution in [2.45, 2.75) is 38.3 Å². The molecule has 3 rings (SSSR count). The predicted octanol–water partition coefficient (Wildman–Crippen LogP) is 2.30. The molecule has 0 aromatic heterocycles. The Morgan fingerprint density at radius 1 is 1.21 bits per heavy atom. The number of benzene rings is 1. The highest BCUT2D eigenvalue weighted by Crippen LogP contribution is 2.31. The van der Waals surface area contributed by atoms with Gasteiger partial charge in [0.1, 0.15) is 5.75 Å². The van der Waals surface area contributed by atoms with Crippen molar-refractivity contribution < 1.29 is 14.3 Å². The van der Waals surface area contributed by atoms with Crippen LogP contribution < -0.4 is 4.74 Å². The summed E-state index contributed by atoms with van der Waals surface area (Å²) in [4.78, 5) is 16.7. The number of amides is 1. The van der Waals surface area contributed by atoms with E-state index in [-0.39, 0.29) is 11.4 Å². The van der Waals surface area contributed by atoms with Gasteiger partial charge >= 0.3 is 0 Å². The molecule has 2 saturated heterocycles. The lowest BCUT2D eigenvalue weighted by Gasteiger charge is -2.51. The predicted molar refractivity (Wildman–Crippen MR) is 93.1 cm³/mol. The highest BCUT2D eigenvalue weighted by Gasteiger charge is 2.44. The number of nitrogens with zero attached hydrogens (tertiary/aromatic N) is 2. The number of carbonyl (C=O) groups is 1. The van der Waals surface area contributed by atoms with E-state index < -0.39 is 0 Å². The zero-order valence-corrected chi connectivity index (χ0v) is 14.8. The van der Waals surface area contributed by atoms with E-state index in [1.807, 2.05) is 24.1 Å². The van der Waals surface area contributed by atoms with Crippen molar-refractivity contribution in [3.8, 4) is 5.75 Å². The average Bonchev–Trinajstić information content (AvgIpc) is 2.60. The third kappa shape index (κ3) is 3.73. The van der Waals surface area contributed by atoms with Gasteiger partial charge in [-0.3, -0.25) is 9.69 Å². The molecule has 1 aromatic carbocycles. The van der Waals surface area contributed by atoms with Crippen molar-refractivity contribution >= 4 is 5.91 Å². The molecule has 1 aromatic rings. The molecule has 5 heteroatoms. The molecule has 0 atom stereocenters. The van der Waals surface area contributed by atoms with Crippen molar-refractivity contribution in [3.63, 3.8) is 0 Å². The lowest BCUT2D eigenvalue weighted by atomic mass is 9.85. The molecule has 0 bridgehead atoms. The minimum Gasteiger partial charge on any atom is -0.494 e. The Morgan fingerprint density at radius 2 is 1.92 bits per heavy atom. The minimum absolute atomic E-state index is 0.0578. The molecule has 24 heavy (non-hydrogen) atoms. The zero-order chi connectivity index (χ0) is 17.0. The molecule has 0 N–H and O–H groups in total. The van der Waals surface area contributed by atoms with Crippen LogP contribution in [0.3, 0.4) is 0 Å². The molecule has 2 heterocycles. The SMILES string of the molecule is CCCOc1ccc(CN2CC(=O)N(C)C3(CCOCC3)C2)cc1. The van der Waals surface area contributed by atoms with Gasteiger partial charge in [-0.15, -0.1) is 0 Å². The first-order valence-electron chi connectivity index (χ1n) is 8.91. The summed E-state index contributed by atoms with van der Waals surface area (Å²) in [7, 11) is 1.95. The topological polar surface area (TPSA) is 42.0 Å². The van der Waals surface area contributed by atoms with E-state index in [1.54, 1.807) is 0 Å². The number of hydrogen-bond acceptors (Lipinski definition) is 4. The summed E-state index contributed by atoms with van der Waals surface area (Å²) in [5.41, 5.74) is 1.16. The Labute approximate surface area is 144 Å². The normalized spacial score (nSPS) is 21.2. The van der Waals surface area contributed by atoms with Crippen LogP contribution in [0.2, 0.25) is 0 Å². The summed E-state index contributed by atoms with van der Waals surface area (Å²) >= 11 is 0. The summed E-state index contributed by atoms with van der Waals surface area (Å²) in [6.45, 7) is 6.56. The van der Waals surface area contributed by atoms with Gasteiger partial charge in [0, 0.05) is 33.4 Å². The van der Waals surface area contributed by atoms with E-state index in [4.69, 9.17) is 9.47 Å². The molecule has 2 fully saturated rings. The van der Waals surface area contributed by atoms with Crippen LogP contribution in [0.5, 0.6) is 5.75 Å². The van der Waals surface area contributed by atoms with Crippen LogP contribution in [0.1, 0.15) is 31.7 Å². The molecular formula is C19H28N2O3. The van der Waals surface area contributed by atoms with Crippen LogP contribution in [0.15, 0.2) is 24.3 Å². The molecule has 1 spiro atoms. The molecule has 5 nitrogen and oxygen atoms in total. The number of rotatable bonds is 5. The zero-order valence-electron chi connectivity index (χ0n) is 14.8. The van der Waals surface area contributed by atoms with Crippen molar-refractivity contribution in [1.82, 2.24) is 9.80 Å². The molecule has 132 valence electrons. The summed E-state index contributed by atoms with van der Waals surface area (Å²) < 4.78 is 11.1. The van der Waals surface area contributed by atoms with E-state index in [2.05, 4.69) is 24.0 Å². The van der Waals surface area contributed by atoms with E-state index in [0.717, 1.165) is 57.9 Å². The quantitative estimate of drug-likeness (QED) is 0.830. The van der Waals surface area contributed by atoms with Crippen LogP contribution in [-0.2, 0) is 16.1 Å². The van der Waals surface area contributed by atoms with Gasteiger partial charge in [0.05, 0.1) is 18.7 Å². The summed E-state index contributed by atoms with van der Waals surface area (Å²) in [6.07, 6.45) is 2.86. The second-order valence-corrected chi connectivity index (χ2v) is 6.93. The van der Waals surface area contributed by atoms with Crippen LogP contribution >= 0.6 is 0 Å². The van der Waals surface area contributed by atoms with E-state index in [0.29, 0.717) is 6.54 Å². The second kappa shape index (κ2) is 7.53. The Kier molecular flexibility index (Phi) is 5.41. The van der Waals surface area contributed by atoms with Crippen LogP contribution in [0, 0.1) is 0 Å². The van der Waals surface area contributed by atoms with Gasteiger partial charge in [0.2, 0.25) is 5.91 Å². The van der Waals surface area contributed by atoms with Crippen molar-refractivity contribution in [1.29, 1.82) is 0 Å². The number of likely N-dealkylation sites (N-methyl/N-ethyl adjacent to an activating group) is 1. The molecule has 2 aliphatic heterocycles. The van der Waals surface area contributed by atoms with Gasteiger partial charge in [0.25, 0.3) is 0 Å². The van der Waals surface area contributed by atoms with E-state index in [9.17, 15) is 4.79 Å². The Balaban J connectivity index is 1.65. The van der Waals surface area contributed by atoms with Crippen molar-refractivity contribution in [2.75, 3.05) is 40.0 Å². The standard InChI is InChI=1S/C19H28N2O3/c1-3-10-24-17-6-4-16(5-7-17)13-21-14-18(22)20(2)19(15-21)8-11-23-12-9-19/h4-7H,3,8-15H2,1-2H3. The summed E-state index contributed by atoms with van der Waals surface area (Å²) in [6, 6.07) is 8.25.